The molecule has 0 unspecified atom stereocenters. The van der Waals surface area contributed by atoms with Crippen LogP contribution in [0.25, 0.3) is 0 Å². The number of ether oxygens (including phenoxy) is 1. The van der Waals surface area contributed by atoms with E-state index in [1.807, 2.05) is 20.8 Å². The van der Waals surface area contributed by atoms with Crippen molar-refractivity contribution < 1.29 is 14.5 Å². The highest BCUT2D eigenvalue weighted by Crippen LogP contribution is 2.29. The van der Waals surface area contributed by atoms with Crippen LogP contribution in [0.3, 0.4) is 0 Å². The molecular weight excluding hydrogens is 298 g/mol. The average Bonchev–Trinajstić information content (AvgIpc) is 2.47. The lowest BCUT2D eigenvalue weighted by Crippen LogP contribution is -2.57. The Morgan fingerprint density at radius 3 is 2.65 bits per heavy atom. The monoisotopic (exact) mass is 321 g/mol. The highest BCUT2D eigenvalue weighted by Gasteiger charge is 2.36. The first-order valence-electron chi connectivity index (χ1n) is 7.76. The molecule has 1 aliphatic heterocycles. The van der Waals surface area contributed by atoms with E-state index in [9.17, 15) is 14.9 Å². The van der Waals surface area contributed by atoms with Gasteiger partial charge >= 0.3 is 11.8 Å². The van der Waals surface area contributed by atoms with Crippen molar-refractivity contribution in [1.82, 2.24) is 10.2 Å². The second kappa shape index (κ2) is 6.95. The summed E-state index contributed by atoms with van der Waals surface area (Å²) < 4.78 is 5.37. The Balaban J connectivity index is 2.23. The molecule has 1 N–H and O–H groups in total. The Hall–Kier alpha value is -2.15. The molecule has 1 amide bonds. The van der Waals surface area contributed by atoms with Crippen molar-refractivity contribution in [3.63, 3.8) is 0 Å². The summed E-state index contributed by atoms with van der Waals surface area (Å²) in [6, 6.07) is 5.93. The second-order valence-electron chi connectivity index (χ2n) is 6.63. The van der Waals surface area contributed by atoms with Gasteiger partial charge in [0.15, 0.2) is 0 Å². The minimum Gasteiger partial charge on any atom is -0.403 e. The van der Waals surface area contributed by atoms with Crippen molar-refractivity contribution in [2.45, 2.75) is 45.2 Å². The lowest BCUT2D eigenvalue weighted by Gasteiger charge is -2.42. The summed E-state index contributed by atoms with van der Waals surface area (Å²) in [6.07, 6.45) is 1.31. The van der Waals surface area contributed by atoms with Gasteiger partial charge in [-0.15, -0.1) is 0 Å². The molecule has 2 rings (SSSR count). The van der Waals surface area contributed by atoms with Gasteiger partial charge in [-0.3, -0.25) is 15.0 Å². The average molecular weight is 321 g/mol. The van der Waals surface area contributed by atoms with Crippen molar-refractivity contribution in [2.75, 3.05) is 13.1 Å². The fraction of sp³-hybridized carbons (Fsp3) is 0.562. The smallest absolute Gasteiger partial charge is 0.403 e. The first kappa shape index (κ1) is 17.2. The Morgan fingerprint density at radius 2 is 2.09 bits per heavy atom. The van der Waals surface area contributed by atoms with Crippen LogP contribution in [0.4, 0.5) is 10.5 Å². The molecule has 7 heteroatoms. The summed E-state index contributed by atoms with van der Waals surface area (Å²) in [7, 11) is 0. The van der Waals surface area contributed by atoms with Crippen molar-refractivity contribution in [3.05, 3.63) is 34.4 Å². The summed E-state index contributed by atoms with van der Waals surface area (Å²) in [4.78, 5) is 24.9. The molecule has 0 bridgehead atoms. The quantitative estimate of drug-likeness (QED) is 0.683. The fourth-order valence-electron chi connectivity index (χ4n) is 2.86. The molecule has 0 aliphatic carbocycles. The van der Waals surface area contributed by atoms with Gasteiger partial charge in [0.05, 0.1) is 4.92 Å². The molecular formula is C16H23N3O4. The fourth-order valence-corrected chi connectivity index (χ4v) is 2.86. The molecule has 7 nitrogen and oxygen atoms in total. The Morgan fingerprint density at radius 1 is 1.39 bits per heavy atom. The van der Waals surface area contributed by atoms with Gasteiger partial charge in [-0.1, -0.05) is 12.1 Å². The topological polar surface area (TPSA) is 84.7 Å². The zero-order valence-electron chi connectivity index (χ0n) is 13.7. The predicted octanol–water partition coefficient (Wildman–Crippen LogP) is 2.95. The lowest BCUT2D eigenvalue weighted by molar-refractivity contribution is -0.385. The number of nitrogens with zero attached hydrogens (tertiary/aromatic N) is 2. The number of hydrogen-bond donors (Lipinski definition) is 1. The standard InChI is InChI=1S/C16H23N3O4/c1-16(2,3)18(12-7-6-10-17-11-12)15(20)23-14-9-5-4-8-13(14)19(21)22/h4-5,8-9,12,17H,6-7,10-11H2,1-3H3/t12-/m0/s1. The Labute approximate surface area is 135 Å². The van der Waals surface area contributed by atoms with E-state index in [0.29, 0.717) is 6.54 Å². The number of benzene rings is 1. The van der Waals surface area contributed by atoms with Crippen molar-refractivity contribution in [3.8, 4) is 5.75 Å². The van der Waals surface area contributed by atoms with Gasteiger partial charge in [-0.2, -0.15) is 0 Å². The van der Waals surface area contributed by atoms with Crippen LogP contribution in [0.1, 0.15) is 33.6 Å². The summed E-state index contributed by atoms with van der Waals surface area (Å²) in [5.74, 6) is -0.0273. The highest BCUT2D eigenvalue weighted by atomic mass is 16.6. The van der Waals surface area contributed by atoms with Crippen LogP contribution in [-0.2, 0) is 0 Å². The number of carbonyl (C=O) groups is 1. The van der Waals surface area contributed by atoms with Crippen LogP contribution in [-0.4, -0.2) is 40.6 Å². The third-order valence-electron chi connectivity index (χ3n) is 3.81. The normalized spacial score (nSPS) is 18.3. The molecule has 1 fully saturated rings. The first-order valence-corrected chi connectivity index (χ1v) is 7.76. The van der Waals surface area contributed by atoms with Crippen molar-refractivity contribution >= 4 is 11.8 Å². The Kier molecular flexibility index (Phi) is 5.20. The van der Waals surface area contributed by atoms with Crippen molar-refractivity contribution in [2.24, 2.45) is 0 Å². The number of piperidine rings is 1. The van der Waals surface area contributed by atoms with E-state index in [-0.39, 0.29) is 17.5 Å². The zero-order valence-corrected chi connectivity index (χ0v) is 13.7. The van der Waals surface area contributed by atoms with Gasteiger partial charge in [0.2, 0.25) is 5.75 Å². The summed E-state index contributed by atoms with van der Waals surface area (Å²) >= 11 is 0. The van der Waals surface area contributed by atoms with Crippen molar-refractivity contribution in [1.29, 1.82) is 0 Å². The number of para-hydroxylation sites is 2. The van der Waals surface area contributed by atoms with Gasteiger partial charge in [-0.05, 0) is 46.2 Å². The van der Waals surface area contributed by atoms with Crippen LogP contribution >= 0.6 is 0 Å². The molecule has 0 saturated carbocycles. The third-order valence-corrected chi connectivity index (χ3v) is 3.81. The molecule has 1 atom stereocenters. The number of amides is 1. The molecule has 1 heterocycles. The molecule has 0 radical (unpaired) electrons. The van der Waals surface area contributed by atoms with Gasteiger partial charge in [0, 0.05) is 24.2 Å². The lowest BCUT2D eigenvalue weighted by atomic mass is 9.99. The second-order valence-corrected chi connectivity index (χ2v) is 6.63. The third kappa shape index (κ3) is 4.19. The number of hydrogen-bond acceptors (Lipinski definition) is 5. The number of rotatable bonds is 3. The summed E-state index contributed by atoms with van der Waals surface area (Å²) in [5.41, 5.74) is -0.652. The number of nitro benzene ring substituents is 1. The van der Waals surface area contributed by atoms with Crippen LogP contribution in [0.15, 0.2) is 24.3 Å². The minimum atomic E-state index is -0.555. The zero-order chi connectivity index (χ0) is 17.0. The number of nitro groups is 1. The van der Waals surface area contributed by atoms with Crippen LogP contribution in [0.2, 0.25) is 0 Å². The largest absolute Gasteiger partial charge is 0.416 e. The summed E-state index contributed by atoms with van der Waals surface area (Å²) in [6.45, 7) is 7.43. The molecule has 0 spiro atoms. The Bertz CT molecular complexity index is 577. The molecule has 0 aromatic heterocycles. The maximum Gasteiger partial charge on any atom is 0.416 e. The SMILES string of the molecule is CC(C)(C)N(C(=O)Oc1ccccc1[N+](=O)[O-])[C@H]1CCCNC1. The molecule has 126 valence electrons. The molecule has 1 aliphatic rings. The van der Waals surface area contributed by atoms with Gasteiger partial charge < -0.3 is 10.1 Å². The first-order chi connectivity index (χ1) is 10.8. The molecule has 1 aromatic rings. The maximum absolute atomic E-state index is 12.7. The van der Waals surface area contributed by atoms with Crippen LogP contribution in [0.5, 0.6) is 5.75 Å². The van der Waals surface area contributed by atoms with E-state index in [0.717, 1.165) is 19.4 Å². The molecule has 1 aromatic carbocycles. The van der Waals surface area contributed by atoms with Crippen LogP contribution in [0, 0.1) is 10.1 Å². The van der Waals surface area contributed by atoms with E-state index >= 15 is 0 Å². The predicted molar refractivity (Wildman–Crippen MR) is 86.6 cm³/mol. The van der Waals surface area contributed by atoms with E-state index in [2.05, 4.69) is 5.32 Å². The maximum atomic E-state index is 12.7. The van der Waals surface area contributed by atoms with E-state index in [1.54, 1.807) is 17.0 Å². The van der Waals surface area contributed by atoms with Gasteiger partial charge in [-0.25, -0.2) is 4.79 Å². The molecule has 1 saturated heterocycles. The number of nitrogens with one attached hydrogen (secondary N) is 1. The summed E-state index contributed by atoms with van der Waals surface area (Å²) in [5, 5.41) is 14.3. The van der Waals surface area contributed by atoms with Crippen LogP contribution < -0.4 is 10.1 Å². The minimum absolute atomic E-state index is 0.0130. The van der Waals surface area contributed by atoms with E-state index in [1.165, 1.54) is 12.1 Å². The highest BCUT2D eigenvalue weighted by molar-refractivity contribution is 5.73. The van der Waals surface area contributed by atoms with Gasteiger partial charge in [0.25, 0.3) is 0 Å². The van der Waals surface area contributed by atoms with E-state index < -0.39 is 16.6 Å². The number of carbonyl (C=O) groups excluding carboxylic acids is 1. The van der Waals surface area contributed by atoms with Gasteiger partial charge in [0.1, 0.15) is 0 Å². The molecule has 23 heavy (non-hydrogen) atoms. The van der Waals surface area contributed by atoms with E-state index in [4.69, 9.17) is 4.74 Å².